The van der Waals surface area contributed by atoms with Crippen molar-refractivity contribution in [3.63, 3.8) is 0 Å². The zero-order valence-corrected chi connectivity index (χ0v) is 13.5. The lowest BCUT2D eigenvalue weighted by Crippen LogP contribution is -2.26. The number of allylic oxidation sites excluding steroid dienone is 1. The van der Waals surface area contributed by atoms with Gasteiger partial charge in [-0.15, -0.1) is 0 Å². The highest BCUT2D eigenvalue weighted by Crippen LogP contribution is 2.42. The van der Waals surface area contributed by atoms with Gasteiger partial charge in [-0.2, -0.15) is 5.26 Å². The van der Waals surface area contributed by atoms with E-state index in [0.29, 0.717) is 27.0 Å². The van der Waals surface area contributed by atoms with E-state index in [2.05, 4.69) is 6.58 Å². The SMILES string of the molecule is C=C1C(C(C)C)=C(C#N)C(=O)N1c1c(C)cc(Cl)cc1Cl. The summed E-state index contributed by atoms with van der Waals surface area (Å²) in [6.45, 7) is 9.63. The van der Waals surface area contributed by atoms with Gasteiger partial charge in [-0.1, -0.05) is 43.6 Å². The minimum absolute atomic E-state index is 0.0208. The van der Waals surface area contributed by atoms with Gasteiger partial charge in [-0.05, 0) is 30.5 Å². The zero-order chi connectivity index (χ0) is 15.9. The van der Waals surface area contributed by atoms with E-state index in [1.165, 1.54) is 4.90 Å². The highest BCUT2D eigenvalue weighted by molar-refractivity contribution is 6.37. The van der Waals surface area contributed by atoms with Gasteiger partial charge in [-0.3, -0.25) is 9.69 Å². The Hall–Kier alpha value is -1.76. The highest BCUT2D eigenvalue weighted by atomic mass is 35.5. The third kappa shape index (κ3) is 2.46. The van der Waals surface area contributed by atoms with Crippen molar-refractivity contribution >= 4 is 34.8 Å². The summed E-state index contributed by atoms with van der Waals surface area (Å²) in [6.07, 6.45) is 0. The van der Waals surface area contributed by atoms with Gasteiger partial charge in [0.1, 0.15) is 11.6 Å². The number of hydrogen-bond acceptors (Lipinski definition) is 2. The number of benzene rings is 1. The van der Waals surface area contributed by atoms with Crippen molar-refractivity contribution in [2.45, 2.75) is 20.8 Å². The van der Waals surface area contributed by atoms with Crippen LogP contribution in [0.2, 0.25) is 10.0 Å². The molecule has 0 bridgehead atoms. The van der Waals surface area contributed by atoms with Crippen LogP contribution >= 0.6 is 23.2 Å². The van der Waals surface area contributed by atoms with E-state index in [1.54, 1.807) is 12.1 Å². The highest BCUT2D eigenvalue weighted by Gasteiger charge is 2.37. The molecule has 0 saturated carbocycles. The molecule has 0 atom stereocenters. The van der Waals surface area contributed by atoms with Crippen molar-refractivity contribution in [2.75, 3.05) is 4.90 Å². The first-order chi connectivity index (χ1) is 9.79. The molecule has 1 aliphatic heterocycles. The molecular formula is C16H14Cl2N2O. The van der Waals surface area contributed by atoms with Crippen LogP contribution in [0.3, 0.4) is 0 Å². The van der Waals surface area contributed by atoms with Crippen LogP contribution in [0.25, 0.3) is 0 Å². The predicted octanol–water partition coefficient (Wildman–Crippen LogP) is 4.64. The second-order valence-electron chi connectivity index (χ2n) is 5.20. The van der Waals surface area contributed by atoms with Crippen LogP contribution in [0.1, 0.15) is 19.4 Å². The Bertz CT molecular complexity index is 703. The second-order valence-corrected chi connectivity index (χ2v) is 6.04. The molecule has 108 valence electrons. The van der Waals surface area contributed by atoms with Crippen molar-refractivity contribution in [3.05, 3.63) is 51.2 Å². The lowest BCUT2D eigenvalue weighted by atomic mass is 9.98. The Morgan fingerprint density at radius 2 is 1.95 bits per heavy atom. The van der Waals surface area contributed by atoms with E-state index in [9.17, 15) is 10.1 Å². The smallest absolute Gasteiger partial charge is 0.273 e. The van der Waals surface area contributed by atoms with Gasteiger partial charge in [0.25, 0.3) is 5.91 Å². The van der Waals surface area contributed by atoms with Crippen LogP contribution in [0.15, 0.2) is 35.6 Å². The molecule has 0 spiro atoms. The Balaban J connectivity index is 2.63. The van der Waals surface area contributed by atoms with Crippen molar-refractivity contribution in [1.82, 2.24) is 0 Å². The largest absolute Gasteiger partial charge is 0.275 e. The van der Waals surface area contributed by atoms with E-state index in [4.69, 9.17) is 23.2 Å². The maximum absolute atomic E-state index is 12.5. The summed E-state index contributed by atoms with van der Waals surface area (Å²) >= 11 is 12.2. The molecule has 0 aliphatic carbocycles. The van der Waals surface area contributed by atoms with Crippen molar-refractivity contribution in [1.29, 1.82) is 5.26 Å². The number of aryl methyl sites for hydroxylation is 1. The van der Waals surface area contributed by atoms with Gasteiger partial charge in [-0.25, -0.2) is 0 Å². The van der Waals surface area contributed by atoms with Crippen LogP contribution in [0, 0.1) is 24.2 Å². The summed E-state index contributed by atoms with van der Waals surface area (Å²) in [4.78, 5) is 13.9. The summed E-state index contributed by atoms with van der Waals surface area (Å²) in [5, 5.41) is 10.1. The maximum Gasteiger partial charge on any atom is 0.273 e. The summed E-state index contributed by atoms with van der Waals surface area (Å²) in [5.41, 5.74) is 2.57. The van der Waals surface area contributed by atoms with Crippen molar-refractivity contribution in [2.24, 2.45) is 5.92 Å². The van der Waals surface area contributed by atoms with E-state index < -0.39 is 5.91 Å². The average Bonchev–Trinajstić information content (AvgIpc) is 2.61. The van der Waals surface area contributed by atoms with E-state index in [1.807, 2.05) is 26.8 Å². The first-order valence-electron chi connectivity index (χ1n) is 6.43. The second kappa shape index (κ2) is 5.55. The number of hydrogen-bond donors (Lipinski definition) is 0. The Morgan fingerprint density at radius 1 is 1.33 bits per heavy atom. The Kier molecular flexibility index (Phi) is 4.13. The van der Waals surface area contributed by atoms with Crippen molar-refractivity contribution < 1.29 is 4.79 Å². The minimum atomic E-state index is -0.390. The molecule has 21 heavy (non-hydrogen) atoms. The first kappa shape index (κ1) is 15.6. The molecule has 1 aromatic carbocycles. The lowest BCUT2D eigenvalue weighted by molar-refractivity contribution is -0.113. The summed E-state index contributed by atoms with van der Waals surface area (Å²) in [7, 11) is 0. The number of halogens is 2. The molecular weight excluding hydrogens is 307 g/mol. The quantitative estimate of drug-likeness (QED) is 0.796. The number of anilines is 1. The molecule has 1 amide bonds. The Morgan fingerprint density at radius 3 is 2.38 bits per heavy atom. The molecule has 2 rings (SSSR count). The van der Waals surface area contributed by atoms with Gasteiger partial charge in [0.05, 0.1) is 10.7 Å². The average molecular weight is 321 g/mol. The number of nitriles is 1. The minimum Gasteiger partial charge on any atom is -0.275 e. The predicted molar refractivity (Wildman–Crippen MR) is 85.3 cm³/mol. The molecule has 1 aliphatic rings. The summed E-state index contributed by atoms with van der Waals surface area (Å²) in [6, 6.07) is 5.28. The maximum atomic E-state index is 12.5. The third-order valence-electron chi connectivity index (χ3n) is 3.40. The summed E-state index contributed by atoms with van der Waals surface area (Å²) < 4.78 is 0. The molecule has 0 N–H and O–H groups in total. The van der Waals surface area contributed by atoms with Crippen LogP contribution in [-0.4, -0.2) is 5.91 Å². The molecule has 0 unspecified atom stereocenters. The van der Waals surface area contributed by atoms with Gasteiger partial charge in [0.2, 0.25) is 0 Å². The molecule has 5 heteroatoms. The molecule has 3 nitrogen and oxygen atoms in total. The van der Waals surface area contributed by atoms with Crippen LogP contribution in [0.5, 0.6) is 0 Å². The van der Waals surface area contributed by atoms with Gasteiger partial charge < -0.3 is 0 Å². The Labute approximate surface area is 134 Å². The molecule has 1 heterocycles. The topological polar surface area (TPSA) is 44.1 Å². The zero-order valence-electron chi connectivity index (χ0n) is 12.0. The molecule has 0 aromatic heterocycles. The van der Waals surface area contributed by atoms with Gasteiger partial charge >= 0.3 is 0 Å². The molecule has 1 aromatic rings. The fourth-order valence-electron chi connectivity index (χ4n) is 2.56. The lowest BCUT2D eigenvalue weighted by Gasteiger charge is -2.23. The molecule has 0 saturated heterocycles. The van der Waals surface area contributed by atoms with E-state index >= 15 is 0 Å². The number of carbonyl (C=O) groups is 1. The number of nitrogens with zero attached hydrogens (tertiary/aromatic N) is 2. The van der Waals surface area contributed by atoms with Gasteiger partial charge in [0.15, 0.2) is 0 Å². The monoisotopic (exact) mass is 320 g/mol. The number of amides is 1. The van der Waals surface area contributed by atoms with Crippen molar-refractivity contribution in [3.8, 4) is 6.07 Å². The number of rotatable bonds is 2. The fourth-order valence-corrected chi connectivity index (χ4v) is 3.24. The number of carbonyl (C=O) groups excluding carboxylic acids is 1. The molecule has 0 radical (unpaired) electrons. The molecule has 0 fully saturated rings. The standard InChI is InChI=1S/C16H14Cl2N2O/c1-8(2)14-10(4)20(16(21)12(14)7-19)15-9(3)5-11(17)6-13(15)18/h5-6,8H,4H2,1-3H3. The first-order valence-corrected chi connectivity index (χ1v) is 7.18. The van der Waals surface area contributed by atoms with Crippen LogP contribution in [-0.2, 0) is 4.79 Å². The normalized spacial score (nSPS) is 15.2. The van der Waals surface area contributed by atoms with Gasteiger partial charge in [0, 0.05) is 16.3 Å². The third-order valence-corrected chi connectivity index (χ3v) is 3.90. The van der Waals surface area contributed by atoms with Crippen LogP contribution < -0.4 is 4.90 Å². The van der Waals surface area contributed by atoms with Crippen LogP contribution in [0.4, 0.5) is 5.69 Å². The fraction of sp³-hybridized carbons (Fsp3) is 0.250. The summed E-state index contributed by atoms with van der Waals surface area (Å²) in [5.74, 6) is -0.369. The van der Waals surface area contributed by atoms with E-state index in [0.717, 1.165) is 5.56 Å². The van der Waals surface area contributed by atoms with E-state index in [-0.39, 0.29) is 11.5 Å².